The molecular formula is C15H17BF4N2. The molecule has 0 aliphatic heterocycles. The van der Waals surface area contributed by atoms with Crippen LogP contribution in [0.3, 0.4) is 0 Å². The van der Waals surface area contributed by atoms with Crippen molar-refractivity contribution in [3.63, 3.8) is 0 Å². The number of halogens is 4. The van der Waals surface area contributed by atoms with Gasteiger partial charge < -0.3 is 22.2 Å². The first kappa shape index (κ1) is 17.7. The maximum absolute atomic E-state index is 9.75. The normalized spacial score (nSPS) is 11.0. The van der Waals surface area contributed by atoms with Gasteiger partial charge in [-0.1, -0.05) is 24.3 Å². The second-order valence-electron chi connectivity index (χ2n) is 4.65. The SMILES string of the molecule is CN(C)c1ccc(C=Cc2cc[nH+]cc2)cc1.F[B-](F)(F)F. The zero-order valence-corrected chi connectivity index (χ0v) is 12.3. The van der Waals surface area contributed by atoms with E-state index in [0.29, 0.717) is 0 Å². The molecule has 0 bridgehead atoms. The highest BCUT2D eigenvalue weighted by Crippen LogP contribution is 2.14. The smallest absolute Gasteiger partial charge is 0.418 e. The van der Waals surface area contributed by atoms with Crippen LogP contribution in [0.1, 0.15) is 11.1 Å². The van der Waals surface area contributed by atoms with Crippen LogP contribution in [0.15, 0.2) is 48.8 Å². The fourth-order valence-electron chi connectivity index (χ4n) is 1.59. The standard InChI is InChI=1S/C15H16N2.BF4/c1-17(2)15-7-5-13(6-8-15)3-4-14-9-11-16-12-10-14;2-1(3,4)5/h3-12H,1-2H3;/q;-1/p+1. The summed E-state index contributed by atoms with van der Waals surface area (Å²) in [6.07, 6.45) is 8.08. The molecule has 7 heteroatoms. The summed E-state index contributed by atoms with van der Waals surface area (Å²) in [7, 11) is -1.91. The van der Waals surface area contributed by atoms with E-state index in [1.165, 1.54) is 16.8 Å². The highest BCUT2D eigenvalue weighted by Gasteiger charge is 2.20. The molecule has 0 amide bonds. The number of hydrogen-bond acceptors (Lipinski definition) is 1. The van der Waals surface area contributed by atoms with Gasteiger partial charge in [-0.3, -0.25) is 0 Å². The fraction of sp³-hybridized carbons (Fsp3) is 0.133. The Morgan fingerprint density at radius 2 is 1.23 bits per heavy atom. The molecule has 2 aromatic rings. The molecule has 2 rings (SSSR count). The maximum Gasteiger partial charge on any atom is 0.673 e. The highest BCUT2D eigenvalue weighted by molar-refractivity contribution is 6.50. The van der Waals surface area contributed by atoms with E-state index in [9.17, 15) is 17.3 Å². The Balaban J connectivity index is 0.000000422. The molecule has 0 spiro atoms. The van der Waals surface area contributed by atoms with E-state index in [1.807, 2.05) is 38.6 Å². The predicted octanol–water partition coefficient (Wildman–Crippen LogP) is 4.04. The minimum Gasteiger partial charge on any atom is -0.418 e. The van der Waals surface area contributed by atoms with Gasteiger partial charge in [0.15, 0.2) is 12.4 Å². The fourth-order valence-corrected chi connectivity index (χ4v) is 1.59. The molecule has 0 aliphatic rings. The van der Waals surface area contributed by atoms with Crippen LogP contribution in [0.25, 0.3) is 12.2 Å². The molecule has 1 N–H and O–H groups in total. The molecule has 0 fully saturated rings. The number of rotatable bonds is 3. The summed E-state index contributed by atoms with van der Waals surface area (Å²) in [6.45, 7) is 0. The second-order valence-corrected chi connectivity index (χ2v) is 4.65. The first-order chi connectivity index (χ1) is 10.3. The Morgan fingerprint density at radius 1 is 0.818 bits per heavy atom. The quantitative estimate of drug-likeness (QED) is 0.618. The van der Waals surface area contributed by atoms with E-state index >= 15 is 0 Å². The third-order valence-corrected chi connectivity index (χ3v) is 2.62. The molecular weight excluding hydrogens is 295 g/mol. The molecule has 1 aromatic carbocycles. The van der Waals surface area contributed by atoms with Crippen LogP contribution >= 0.6 is 0 Å². The van der Waals surface area contributed by atoms with Crippen LogP contribution in [0.4, 0.5) is 23.0 Å². The average Bonchev–Trinajstić information content (AvgIpc) is 2.45. The average molecular weight is 312 g/mol. The van der Waals surface area contributed by atoms with Gasteiger partial charge in [0.1, 0.15) is 0 Å². The minimum absolute atomic E-state index is 1.19. The number of nitrogens with one attached hydrogen (secondary N) is 1. The van der Waals surface area contributed by atoms with Crippen molar-refractivity contribution in [2.45, 2.75) is 0 Å². The lowest BCUT2D eigenvalue weighted by atomic mass is 10.1. The van der Waals surface area contributed by atoms with Crippen LogP contribution in [0, 0.1) is 0 Å². The van der Waals surface area contributed by atoms with Gasteiger partial charge in [0, 0.05) is 31.9 Å². The van der Waals surface area contributed by atoms with Gasteiger partial charge in [0.2, 0.25) is 0 Å². The summed E-state index contributed by atoms with van der Waals surface area (Å²) in [4.78, 5) is 5.11. The van der Waals surface area contributed by atoms with E-state index in [0.717, 1.165) is 0 Å². The largest absolute Gasteiger partial charge is 0.673 e. The summed E-state index contributed by atoms with van der Waals surface area (Å²) in [6, 6.07) is 12.6. The van der Waals surface area contributed by atoms with E-state index < -0.39 is 7.25 Å². The van der Waals surface area contributed by atoms with Gasteiger partial charge in [-0.25, -0.2) is 4.98 Å². The van der Waals surface area contributed by atoms with E-state index in [4.69, 9.17) is 0 Å². The van der Waals surface area contributed by atoms with Gasteiger partial charge in [-0.15, -0.1) is 0 Å². The number of pyridine rings is 1. The Hall–Kier alpha value is -2.31. The number of hydrogen-bond donors (Lipinski definition) is 0. The van der Waals surface area contributed by atoms with Crippen molar-refractivity contribution >= 4 is 25.1 Å². The van der Waals surface area contributed by atoms with Gasteiger partial charge in [0.25, 0.3) is 0 Å². The third kappa shape index (κ3) is 8.09. The maximum atomic E-state index is 9.75. The monoisotopic (exact) mass is 312 g/mol. The lowest BCUT2D eigenvalue weighted by Crippen LogP contribution is -2.07. The van der Waals surface area contributed by atoms with Crippen LogP contribution in [-0.4, -0.2) is 21.3 Å². The summed E-state index contributed by atoms with van der Waals surface area (Å²) in [5.41, 5.74) is 3.63. The van der Waals surface area contributed by atoms with Crippen LogP contribution in [-0.2, 0) is 0 Å². The zero-order valence-electron chi connectivity index (χ0n) is 12.3. The Kier molecular flexibility index (Phi) is 6.63. The molecule has 0 saturated heterocycles. The zero-order chi connectivity index (χ0) is 16.6. The Labute approximate surface area is 127 Å². The third-order valence-electron chi connectivity index (χ3n) is 2.62. The van der Waals surface area contributed by atoms with Gasteiger partial charge in [-0.05, 0) is 23.3 Å². The molecule has 0 unspecified atom stereocenters. The lowest BCUT2D eigenvalue weighted by Gasteiger charge is -2.11. The van der Waals surface area contributed by atoms with Crippen molar-refractivity contribution in [1.29, 1.82) is 0 Å². The van der Waals surface area contributed by atoms with Crippen molar-refractivity contribution < 1.29 is 22.2 Å². The predicted molar refractivity (Wildman–Crippen MR) is 82.9 cm³/mol. The molecule has 0 radical (unpaired) electrons. The summed E-state index contributed by atoms with van der Waals surface area (Å²) < 4.78 is 39.0. The second kappa shape index (κ2) is 8.21. The van der Waals surface area contributed by atoms with Crippen molar-refractivity contribution in [3.8, 4) is 0 Å². The topological polar surface area (TPSA) is 17.4 Å². The summed E-state index contributed by atoms with van der Waals surface area (Å²) in [5.74, 6) is 0. The number of nitrogens with zero attached hydrogens (tertiary/aromatic N) is 1. The summed E-state index contributed by atoms with van der Waals surface area (Å²) >= 11 is 0. The van der Waals surface area contributed by atoms with Crippen molar-refractivity contribution in [2.24, 2.45) is 0 Å². The van der Waals surface area contributed by atoms with Gasteiger partial charge in [0.05, 0.1) is 0 Å². The number of aromatic amines is 1. The van der Waals surface area contributed by atoms with Gasteiger partial charge >= 0.3 is 7.25 Å². The number of benzene rings is 1. The molecule has 22 heavy (non-hydrogen) atoms. The molecule has 118 valence electrons. The highest BCUT2D eigenvalue weighted by atomic mass is 19.5. The van der Waals surface area contributed by atoms with Crippen LogP contribution in [0.2, 0.25) is 0 Å². The molecule has 0 saturated carbocycles. The van der Waals surface area contributed by atoms with Crippen molar-refractivity contribution in [1.82, 2.24) is 0 Å². The number of H-pyrrole nitrogens is 1. The molecule has 0 atom stereocenters. The van der Waals surface area contributed by atoms with Crippen molar-refractivity contribution in [3.05, 3.63) is 59.9 Å². The number of aromatic nitrogens is 1. The molecule has 1 aromatic heterocycles. The lowest BCUT2D eigenvalue weighted by molar-refractivity contribution is -0.378. The molecule has 1 heterocycles. The molecule has 2 nitrogen and oxygen atoms in total. The van der Waals surface area contributed by atoms with Crippen molar-refractivity contribution in [2.75, 3.05) is 19.0 Å². The first-order valence-corrected chi connectivity index (χ1v) is 6.54. The first-order valence-electron chi connectivity index (χ1n) is 6.54. The Morgan fingerprint density at radius 3 is 1.64 bits per heavy atom. The Bertz CT molecular complexity index is 575. The van der Waals surface area contributed by atoms with Crippen LogP contribution in [0.5, 0.6) is 0 Å². The van der Waals surface area contributed by atoms with Gasteiger partial charge in [-0.2, -0.15) is 0 Å². The summed E-state index contributed by atoms with van der Waals surface area (Å²) in [5, 5.41) is 0. The number of anilines is 1. The van der Waals surface area contributed by atoms with Crippen LogP contribution < -0.4 is 9.88 Å². The van der Waals surface area contributed by atoms with E-state index in [1.54, 1.807) is 0 Å². The van der Waals surface area contributed by atoms with E-state index in [-0.39, 0.29) is 0 Å². The van der Waals surface area contributed by atoms with E-state index in [2.05, 4.69) is 46.3 Å². The minimum atomic E-state index is -6.00. The molecule has 0 aliphatic carbocycles.